The number of amides is 1. The number of pyridine rings is 2. The number of nitrogens with one attached hydrogen (secondary N) is 1. The summed E-state index contributed by atoms with van der Waals surface area (Å²) in [6.07, 6.45) is 3.08. The Morgan fingerprint density at radius 2 is 2.08 bits per heavy atom. The molecule has 1 amide bonds. The lowest BCUT2D eigenvalue weighted by Gasteiger charge is -2.08. The number of nitrogens with zero attached hydrogens (tertiary/aromatic N) is 3. The monoisotopic (exact) mass is 426 g/mol. The normalized spacial score (nSPS) is 10.8. The summed E-state index contributed by atoms with van der Waals surface area (Å²) >= 11 is 14.4. The van der Waals surface area contributed by atoms with Crippen LogP contribution in [0.4, 0.5) is 5.69 Å². The van der Waals surface area contributed by atoms with Crippen molar-refractivity contribution in [3.63, 3.8) is 0 Å². The topological polar surface area (TPSA) is 80.9 Å². The first kappa shape index (κ1) is 16.9. The van der Waals surface area contributed by atoms with Gasteiger partial charge < -0.3 is 9.84 Å². The fourth-order valence-electron chi connectivity index (χ4n) is 1.96. The number of hydrogen-bond acceptors (Lipinski definition) is 5. The summed E-state index contributed by atoms with van der Waals surface area (Å²) in [5, 5.41) is 6.62. The third-order valence-corrected chi connectivity index (χ3v) is 3.87. The van der Waals surface area contributed by atoms with Gasteiger partial charge in [-0.1, -0.05) is 34.4 Å². The van der Waals surface area contributed by atoms with Crippen molar-refractivity contribution in [2.45, 2.75) is 4.84 Å². The lowest BCUT2D eigenvalue weighted by atomic mass is 10.1. The van der Waals surface area contributed by atoms with Gasteiger partial charge in [-0.05, 0) is 34.1 Å². The molecule has 0 aliphatic carbocycles. The van der Waals surface area contributed by atoms with Gasteiger partial charge in [0.25, 0.3) is 5.91 Å². The Balaban J connectivity index is 1.95. The van der Waals surface area contributed by atoms with Gasteiger partial charge in [-0.15, -0.1) is 0 Å². The highest BCUT2D eigenvalue weighted by atomic mass is 79.9. The first-order valence-electron chi connectivity index (χ1n) is 6.67. The highest BCUT2D eigenvalue weighted by molar-refractivity contribution is 9.10. The Kier molecular flexibility index (Phi) is 5.13. The Morgan fingerprint density at radius 3 is 2.83 bits per heavy atom. The third kappa shape index (κ3) is 3.75. The Bertz CT molecular complexity index is 885. The summed E-state index contributed by atoms with van der Waals surface area (Å²) < 4.78 is 6.05. The number of alkyl halides is 2. The van der Waals surface area contributed by atoms with E-state index in [9.17, 15) is 4.79 Å². The summed E-state index contributed by atoms with van der Waals surface area (Å²) in [5.41, 5.74) is 2.22. The number of aromatic nitrogens is 3. The van der Waals surface area contributed by atoms with Crippen molar-refractivity contribution >= 4 is 50.7 Å². The highest BCUT2D eigenvalue weighted by Gasteiger charge is 2.17. The molecular weight excluding hydrogens is 419 g/mol. The lowest BCUT2D eigenvalue weighted by molar-refractivity contribution is -0.114. The molecule has 0 saturated carbocycles. The molecule has 0 saturated heterocycles. The summed E-state index contributed by atoms with van der Waals surface area (Å²) in [5.74, 6) is -0.116. The van der Waals surface area contributed by atoms with Crippen molar-refractivity contribution in [3.05, 3.63) is 47.3 Å². The van der Waals surface area contributed by atoms with Crippen LogP contribution in [0.25, 0.3) is 22.7 Å². The smallest absolute Gasteiger partial charge is 0.257 e. The molecule has 3 aromatic rings. The number of carbonyl (C=O) groups excluding carboxylic acids is 1. The molecule has 0 bridgehead atoms. The van der Waals surface area contributed by atoms with E-state index >= 15 is 0 Å². The molecule has 0 aliphatic heterocycles. The second-order valence-electron chi connectivity index (χ2n) is 4.63. The molecule has 0 fully saturated rings. The van der Waals surface area contributed by atoms with Crippen LogP contribution in [0.15, 0.2) is 51.9 Å². The molecule has 122 valence electrons. The van der Waals surface area contributed by atoms with E-state index in [1.165, 1.54) is 6.20 Å². The second kappa shape index (κ2) is 7.29. The molecule has 6 nitrogen and oxygen atoms in total. The molecular formula is C15H9BrCl2N4O2. The maximum atomic E-state index is 11.7. The number of rotatable bonds is 4. The average molecular weight is 428 g/mol. The fourth-order valence-corrected chi connectivity index (χ4v) is 2.41. The van der Waals surface area contributed by atoms with Crippen LogP contribution in [0.3, 0.4) is 0 Å². The van der Waals surface area contributed by atoms with Gasteiger partial charge in [0.1, 0.15) is 10.3 Å². The van der Waals surface area contributed by atoms with Gasteiger partial charge in [0.15, 0.2) is 10.6 Å². The molecule has 0 radical (unpaired) electrons. The van der Waals surface area contributed by atoms with Gasteiger partial charge in [0.05, 0.1) is 16.9 Å². The zero-order valence-corrected chi connectivity index (χ0v) is 15.0. The van der Waals surface area contributed by atoms with Crippen molar-refractivity contribution in [1.82, 2.24) is 15.1 Å². The first-order chi connectivity index (χ1) is 11.5. The number of carbonyl (C=O) groups is 1. The van der Waals surface area contributed by atoms with Gasteiger partial charge in [0.2, 0.25) is 0 Å². The summed E-state index contributed by atoms with van der Waals surface area (Å²) in [7, 11) is 0. The van der Waals surface area contributed by atoms with Crippen molar-refractivity contribution in [3.8, 4) is 22.7 Å². The Hall–Kier alpha value is -1.96. The number of halogens is 3. The van der Waals surface area contributed by atoms with E-state index in [1.54, 1.807) is 18.3 Å². The maximum absolute atomic E-state index is 11.7. The largest absolute Gasteiger partial charge is 0.355 e. The van der Waals surface area contributed by atoms with Crippen LogP contribution in [0.2, 0.25) is 0 Å². The quantitative estimate of drug-likeness (QED) is 0.495. The van der Waals surface area contributed by atoms with E-state index in [2.05, 4.69) is 36.4 Å². The standard InChI is InChI=1S/C15H9BrCl2N4O2/c16-13-3-1-2-10(20-13)11-6-12(24-22-11)8-7-19-5-4-9(8)21-15(23)14(17)18/h1-7,14H,(H,19,21,23). The van der Waals surface area contributed by atoms with Crippen molar-refractivity contribution in [1.29, 1.82) is 0 Å². The van der Waals surface area contributed by atoms with Crippen LogP contribution in [0.1, 0.15) is 0 Å². The molecule has 1 N–H and O–H groups in total. The van der Waals surface area contributed by atoms with E-state index < -0.39 is 10.7 Å². The van der Waals surface area contributed by atoms with Gasteiger partial charge in [-0.25, -0.2) is 4.98 Å². The second-order valence-corrected chi connectivity index (χ2v) is 6.54. The molecule has 0 unspecified atom stereocenters. The SMILES string of the molecule is O=C(Nc1ccncc1-c1cc(-c2cccc(Br)n2)no1)C(Cl)Cl. The van der Waals surface area contributed by atoms with E-state index in [1.807, 2.05) is 18.2 Å². The molecule has 9 heteroatoms. The minimum atomic E-state index is -1.18. The van der Waals surface area contributed by atoms with E-state index in [4.69, 9.17) is 27.7 Å². The Morgan fingerprint density at radius 1 is 1.25 bits per heavy atom. The van der Waals surface area contributed by atoms with Gasteiger partial charge in [-0.2, -0.15) is 0 Å². The molecule has 3 aromatic heterocycles. The minimum absolute atomic E-state index is 0.427. The van der Waals surface area contributed by atoms with E-state index in [0.29, 0.717) is 33.0 Å². The maximum Gasteiger partial charge on any atom is 0.257 e. The summed E-state index contributed by atoms with van der Waals surface area (Å²) in [6, 6.07) is 8.79. The minimum Gasteiger partial charge on any atom is -0.355 e. The van der Waals surface area contributed by atoms with Gasteiger partial charge in [-0.3, -0.25) is 9.78 Å². The predicted molar refractivity (Wildman–Crippen MR) is 94.8 cm³/mol. The molecule has 0 aliphatic rings. The molecule has 0 atom stereocenters. The number of hydrogen-bond donors (Lipinski definition) is 1. The van der Waals surface area contributed by atoms with Crippen LogP contribution >= 0.6 is 39.1 Å². The number of anilines is 1. The van der Waals surface area contributed by atoms with Gasteiger partial charge in [0, 0.05) is 18.5 Å². The highest BCUT2D eigenvalue weighted by Crippen LogP contribution is 2.30. The third-order valence-electron chi connectivity index (χ3n) is 3.03. The van der Waals surface area contributed by atoms with E-state index in [0.717, 1.165) is 0 Å². The van der Waals surface area contributed by atoms with Crippen molar-refractivity contribution in [2.75, 3.05) is 5.32 Å². The molecule has 3 heterocycles. The zero-order valence-electron chi connectivity index (χ0n) is 11.9. The molecule has 0 aromatic carbocycles. The van der Waals surface area contributed by atoms with Crippen LogP contribution in [0.5, 0.6) is 0 Å². The van der Waals surface area contributed by atoms with Gasteiger partial charge >= 0.3 is 0 Å². The van der Waals surface area contributed by atoms with E-state index in [-0.39, 0.29) is 0 Å². The van der Waals surface area contributed by atoms with Crippen molar-refractivity contribution < 1.29 is 9.32 Å². The molecule has 24 heavy (non-hydrogen) atoms. The molecule has 3 rings (SSSR count). The van der Waals surface area contributed by atoms with Crippen LogP contribution in [0, 0.1) is 0 Å². The Labute approximate surface area is 155 Å². The summed E-state index contributed by atoms with van der Waals surface area (Å²) in [6.45, 7) is 0. The average Bonchev–Trinajstić information content (AvgIpc) is 3.05. The predicted octanol–water partition coefficient (Wildman–Crippen LogP) is 4.30. The zero-order chi connectivity index (χ0) is 17.1. The molecule has 0 spiro atoms. The lowest BCUT2D eigenvalue weighted by Crippen LogP contribution is -2.19. The van der Waals surface area contributed by atoms with Crippen molar-refractivity contribution in [2.24, 2.45) is 0 Å². The van der Waals surface area contributed by atoms with Crippen LogP contribution < -0.4 is 5.32 Å². The first-order valence-corrected chi connectivity index (χ1v) is 8.34. The van der Waals surface area contributed by atoms with Crippen LogP contribution in [-0.2, 0) is 4.79 Å². The fraction of sp³-hybridized carbons (Fsp3) is 0.0667. The summed E-state index contributed by atoms with van der Waals surface area (Å²) in [4.78, 5) is 18.9. The van der Waals surface area contributed by atoms with Crippen LogP contribution in [-0.4, -0.2) is 25.9 Å².